The lowest BCUT2D eigenvalue weighted by molar-refractivity contribution is 0.242. The highest BCUT2D eigenvalue weighted by atomic mass is 35.5. The standard InChI is InChI=1S/C14H19ClO/c1-10(2)16-14-5-3-4-11(9-14)12-6-7-13(15)8-12/h3-5,9-10,12-13H,6-8H2,1-2H3. The van der Waals surface area contributed by atoms with E-state index >= 15 is 0 Å². The van der Waals surface area contributed by atoms with E-state index < -0.39 is 0 Å². The highest BCUT2D eigenvalue weighted by molar-refractivity contribution is 6.20. The molecular formula is C14H19ClO. The van der Waals surface area contributed by atoms with Gasteiger partial charge in [0.2, 0.25) is 0 Å². The number of benzene rings is 1. The first-order chi connectivity index (χ1) is 7.65. The van der Waals surface area contributed by atoms with Crippen LogP contribution >= 0.6 is 11.6 Å². The Kier molecular flexibility index (Phi) is 3.75. The summed E-state index contributed by atoms with van der Waals surface area (Å²) in [6.07, 6.45) is 3.69. The Bertz CT molecular complexity index is 348. The molecule has 2 atom stereocenters. The van der Waals surface area contributed by atoms with Crippen LogP contribution in [0.1, 0.15) is 44.6 Å². The van der Waals surface area contributed by atoms with Crippen LogP contribution in [0.2, 0.25) is 0 Å². The van der Waals surface area contributed by atoms with E-state index in [0.29, 0.717) is 11.3 Å². The van der Waals surface area contributed by atoms with Gasteiger partial charge in [-0.05, 0) is 56.7 Å². The van der Waals surface area contributed by atoms with E-state index in [2.05, 4.69) is 32.0 Å². The van der Waals surface area contributed by atoms with Crippen molar-refractivity contribution < 1.29 is 4.74 Å². The van der Waals surface area contributed by atoms with Gasteiger partial charge in [-0.2, -0.15) is 0 Å². The smallest absolute Gasteiger partial charge is 0.119 e. The zero-order valence-corrected chi connectivity index (χ0v) is 10.7. The van der Waals surface area contributed by atoms with E-state index in [1.165, 1.54) is 12.0 Å². The van der Waals surface area contributed by atoms with Crippen molar-refractivity contribution in [1.29, 1.82) is 0 Å². The Morgan fingerprint density at radius 3 is 2.75 bits per heavy atom. The summed E-state index contributed by atoms with van der Waals surface area (Å²) in [5.74, 6) is 1.60. The number of rotatable bonds is 3. The van der Waals surface area contributed by atoms with E-state index in [1.807, 2.05) is 6.07 Å². The molecule has 0 N–H and O–H groups in total. The van der Waals surface area contributed by atoms with Crippen molar-refractivity contribution >= 4 is 11.6 Å². The van der Waals surface area contributed by atoms with Crippen LogP contribution in [-0.4, -0.2) is 11.5 Å². The van der Waals surface area contributed by atoms with Gasteiger partial charge in [0, 0.05) is 5.38 Å². The van der Waals surface area contributed by atoms with Gasteiger partial charge >= 0.3 is 0 Å². The van der Waals surface area contributed by atoms with Crippen LogP contribution in [0.4, 0.5) is 0 Å². The van der Waals surface area contributed by atoms with E-state index in [-0.39, 0.29) is 6.10 Å². The average molecular weight is 239 g/mol. The first-order valence-corrected chi connectivity index (χ1v) is 6.49. The summed E-state index contributed by atoms with van der Waals surface area (Å²) in [5.41, 5.74) is 1.38. The molecule has 2 rings (SSSR count). The SMILES string of the molecule is CC(C)Oc1cccc(C2CCC(Cl)C2)c1. The summed E-state index contributed by atoms with van der Waals surface area (Å²) in [7, 11) is 0. The zero-order valence-electron chi connectivity index (χ0n) is 9.95. The van der Waals surface area contributed by atoms with Crippen LogP contribution in [0.25, 0.3) is 0 Å². The normalized spacial score (nSPS) is 25.0. The van der Waals surface area contributed by atoms with Gasteiger partial charge in [0.1, 0.15) is 5.75 Å². The first kappa shape index (κ1) is 11.8. The molecule has 0 spiro atoms. The quantitative estimate of drug-likeness (QED) is 0.712. The lowest BCUT2D eigenvalue weighted by Crippen LogP contribution is -2.06. The molecule has 1 fully saturated rings. The molecule has 0 amide bonds. The number of hydrogen-bond acceptors (Lipinski definition) is 1. The largest absolute Gasteiger partial charge is 0.491 e. The van der Waals surface area contributed by atoms with Crippen LogP contribution < -0.4 is 4.74 Å². The molecule has 0 saturated heterocycles. The summed E-state index contributed by atoms with van der Waals surface area (Å²) in [4.78, 5) is 0. The van der Waals surface area contributed by atoms with Gasteiger partial charge < -0.3 is 4.74 Å². The minimum Gasteiger partial charge on any atom is -0.491 e. The van der Waals surface area contributed by atoms with Crippen LogP contribution in [0.3, 0.4) is 0 Å². The highest BCUT2D eigenvalue weighted by Crippen LogP contribution is 2.38. The molecule has 0 heterocycles. The summed E-state index contributed by atoms with van der Waals surface area (Å²) in [5, 5.41) is 0.361. The van der Waals surface area contributed by atoms with E-state index in [0.717, 1.165) is 18.6 Å². The van der Waals surface area contributed by atoms with Crippen molar-refractivity contribution in [3.63, 3.8) is 0 Å². The minimum absolute atomic E-state index is 0.236. The molecule has 88 valence electrons. The van der Waals surface area contributed by atoms with Crippen molar-refractivity contribution in [1.82, 2.24) is 0 Å². The molecule has 1 aliphatic carbocycles. The Labute approximate surface area is 103 Å². The van der Waals surface area contributed by atoms with E-state index in [4.69, 9.17) is 16.3 Å². The molecule has 2 unspecified atom stereocenters. The van der Waals surface area contributed by atoms with Crippen LogP contribution in [0.15, 0.2) is 24.3 Å². The summed E-state index contributed by atoms with van der Waals surface area (Å²) in [6.45, 7) is 4.11. The molecule has 1 saturated carbocycles. The Morgan fingerprint density at radius 1 is 1.31 bits per heavy atom. The van der Waals surface area contributed by atoms with Gasteiger partial charge in [-0.25, -0.2) is 0 Å². The second-order valence-electron chi connectivity index (χ2n) is 4.85. The summed E-state index contributed by atoms with van der Waals surface area (Å²) in [6, 6.07) is 8.46. The third-order valence-corrected chi connectivity index (χ3v) is 3.47. The van der Waals surface area contributed by atoms with Crippen LogP contribution in [0, 0.1) is 0 Å². The maximum atomic E-state index is 6.15. The predicted octanol–water partition coefficient (Wildman–Crippen LogP) is 4.35. The molecule has 16 heavy (non-hydrogen) atoms. The summed E-state index contributed by atoms with van der Waals surface area (Å²) < 4.78 is 5.71. The molecule has 0 aromatic heterocycles. The van der Waals surface area contributed by atoms with Crippen molar-refractivity contribution in [2.24, 2.45) is 0 Å². The predicted molar refractivity (Wildman–Crippen MR) is 68.4 cm³/mol. The van der Waals surface area contributed by atoms with Gasteiger partial charge in [0.15, 0.2) is 0 Å². The lowest BCUT2D eigenvalue weighted by Gasteiger charge is -2.14. The zero-order chi connectivity index (χ0) is 11.5. The van der Waals surface area contributed by atoms with Crippen molar-refractivity contribution in [3.8, 4) is 5.75 Å². The van der Waals surface area contributed by atoms with Crippen molar-refractivity contribution in [2.45, 2.75) is 50.5 Å². The molecule has 1 aliphatic rings. The second kappa shape index (κ2) is 5.09. The molecule has 1 nitrogen and oxygen atoms in total. The third kappa shape index (κ3) is 2.91. The fourth-order valence-electron chi connectivity index (χ4n) is 2.34. The first-order valence-electron chi connectivity index (χ1n) is 6.06. The molecule has 1 aromatic rings. The maximum absolute atomic E-state index is 6.15. The molecular weight excluding hydrogens is 220 g/mol. The minimum atomic E-state index is 0.236. The molecule has 2 heteroatoms. The molecule has 0 radical (unpaired) electrons. The van der Waals surface area contributed by atoms with Crippen LogP contribution in [-0.2, 0) is 0 Å². The number of alkyl halides is 1. The number of ether oxygens (including phenoxy) is 1. The van der Waals surface area contributed by atoms with Gasteiger partial charge in [0.25, 0.3) is 0 Å². The molecule has 0 aliphatic heterocycles. The topological polar surface area (TPSA) is 9.23 Å². The fourth-order valence-corrected chi connectivity index (χ4v) is 2.68. The maximum Gasteiger partial charge on any atom is 0.119 e. The Morgan fingerprint density at radius 2 is 2.12 bits per heavy atom. The van der Waals surface area contributed by atoms with Gasteiger partial charge in [0.05, 0.1) is 6.10 Å². The second-order valence-corrected chi connectivity index (χ2v) is 5.46. The van der Waals surface area contributed by atoms with E-state index in [1.54, 1.807) is 0 Å². The molecule has 1 aromatic carbocycles. The van der Waals surface area contributed by atoms with E-state index in [9.17, 15) is 0 Å². The third-order valence-electron chi connectivity index (χ3n) is 3.07. The van der Waals surface area contributed by atoms with Gasteiger partial charge in [-0.15, -0.1) is 11.6 Å². The summed E-state index contributed by atoms with van der Waals surface area (Å²) >= 11 is 6.15. The monoisotopic (exact) mass is 238 g/mol. The number of hydrogen-bond donors (Lipinski definition) is 0. The van der Waals surface area contributed by atoms with Gasteiger partial charge in [-0.3, -0.25) is 0 Å². The Balaban J connectivity index is 2.09. The van der Waals surface area contributed by atoms with Crippen molar-refractivity contribution in [3.05, 3.63) is 29.8 Å². The molecule has 0 bridgehead atoms. The number of halogens is 1. The lowest BCUT2D eigenvalue weighted by atomic mass is 9.98. The van der Waals surface area contributed by atoms with Gasteiger partial charge in [-0.1, -0.05) is 12.1 Å². The Hall–Kier alpha value is -0.690. The van der Waals surface area contributed by atoms with Crippen LogP contribution in [0.5, 0.6) is 5.75 Å². The highest BCUT2D eigenvalue weighted by Gasteiger charge is 2.24. The average Bonchev–Trinajstić information content (AvgIpc) is 2.64. The van der Waals surface area contributed by atoms with Crippen molar-refractivity contribution in [2.75, 3.05) is 0 Å². The fraction of sp³-hybridized carbons (Fsp3) is 0.571.